The average Bonchev–Trinajstić information content (AvgIpc) is 2.49. The number of rotatable bonds is 6. The molecule has 21 heavy (non-hydrogen) atoms. The fourth-order valence-corrected chi connectivity index (χ4v) is 2.18. The summed E-state index contributed by atoms with van der Waals surface area (Å²) in [5, 5.41) is 20.6. The summed E-state index contributed by atoms with van der Waals surface area (Å²) < 4.78 is 0. The first-order valence-corrected chi connectivity index (χ1v) is 7.65. The zero-order valence-corrected chi connectivity index (χ0v) is 12.7. The van der Waals surface area contributed by atoms with Gasteiger partial charge in [-0.15, -0.1) is 0 Å². The molecule has 0 aliphatic rings. The summed E-state index contributed by atoms with van der Waals surface area (Å²) in [6, 6.07) is 7.15. The van der Waals surface area contributed by atoms with Crippen LogP contribution in [0, 0.1) is 11.3 Å². The van der Waals surface area contributed by atoms with E-state index >= 15 is 0 Å². The Morgan fingerprint density at radius 1 is 1.48 bits per heavy atom. The zero-order valence-electron chi connectivity index (χ0n) is 11.9. The number of amides is 2. The summed E-state index contributed by atoms with van der Waals surface area (Å²) in [6.45, 7) is 0. The van der Waals surface area contributed by atoms with Crippen LogP contribution in [0.25, 0.3) is 0 Å². The Labute approximate surface area is 127 Å². The zero-order chi connectivity index (χ0) is 15.8. The van der Waals surface area contributed by atoms with Crippen molar-refractivity contribution in [3.8, 4) is 6.07 Å². The maximum absolute atomic E-state index is 12.1. The van der Waals surface area contributed by atoms with Crippen molar-refractivity contribution < 1.29 is 14.7 Å². The Kier molecular flexibility index (Phi) is 6.56. The lowest BCUT2D eigenvalue weighted by molar-refractivity contribution is -0.139. The Morgan fingerprint density at radius 3 is 2.71 bits per heavy atom. The van der Waals surface area contributed by atoms with Gasteiger partial charge in [0.2, 0.25) is 0 Å². The van der Waals surface area contributed by atoms with E-state index in [0.717, 1.165) is 0 Å². The second-order valence-corrected chi connectivity index (χ2v) is 5.30. The number of carboxylic acid groups (broad SMARTS) is 1. The number of nitriles is 1. The molecule has 7 heteroatoms. The number of carbonyl (C=O) groups excluding carboxylic acids is 1. The molecule has 1 rings (SSSR count). The SMILES string of the molecule is CSCC[C@H](NC(=O)N(C)c1ccccc1C#N)C(=O)O. The van der Waals surface area contributed by atoms with E-state index in [1.165, 1.54) is 23.7 Å². The molecule has 0 saturated heterocycles. The van der Waals surface area contributed by atoms with E-state index in [-0.39, 0.29) is 0 Å². The molecule has 1 atom stereocenters. The summed E-state index contributed by atoms with van der Waals surface area (Å²) in [6.07, 6.45) is 2.21. The van der Waals surface area contributed by atoms with Crippen LogP contribution in [0.15, 0.2) is 24.3 Å². The Morgan fingerprint density at radius 2 is 2.14 bits per heavy atom. The average molecular weight is 307 g/mol. The Balaban J connectivity index is 2.82. The third-order valence-electron chi connectivity index (χ3n) is 2.90. The Bertz CT molecular complexity index is 557. The predicted octanol–water partition coefficient (Wildman–Crippen LogP) is 1.91. The fourth-order valence-electron chi connectivity index (χ4n) is 1.71. The summed E-state index contributed by atoms with van der Waals surface area (Å²) in [7, 11) is 1.50. The molecule has 2 amide bonds. The lowest BCUT2D eigenvalue weighted by Gasteiger charge is -2.22. The minimum Gasteiger partial charge on any atom is -0.480 e. The van der Waals surface area contributed by atoms with E-state index in [0.29, 0.717) is 23.4 Å². The van der Waals surface area contributed by atoms with E-state index < -0.39 is 18.0 Å². The van der Waals surface area contributed by atoms with Gasteiger partial charge in [0, 0.05) is 7.05 Å². The van der Waals surface area contributed by atoms with E-state index in [1.54, 1.807) is 24.3 Å². The van der Waals surface area contributed by atoms with E-state index in [2.05, 4.69) is 5.32 Å². The molecule has 0 aliphatic carbocycles. The first kappa shape index (κ1) is 16.9. The first-order chi connectivity index (χ1) is 10.0. The monoisotopic (exact) mass is 307 g/mol. The fraction of sp³-hybridized carbons (Fsp3) is 0.357. The molecule has 0 aliphatic heterocycles. The molecule has 0 heterocycles. The van der Waals surface area contributed by atoms with Crippen LogP contribution in [0.1, 0.15) is 12.0 Å². The standard InChI is InChI=1S/C14H17N3O3S/c1-17(12-6-4-3-5-10(12)9-15)14(20)16-11(13(18)19)7-8-21-2/h3-6,11H,7-8H2,1-2H3,(H,16,20)(H,18,19)/t11-/m0/s1. The molecule has 6 nitrogen and oxygen atoms in total. The molecule has 0 bridgehead atoms. The number of anilines is 1. The number of hydrogen-bond acceptors (Lipinski definition) is 4. The summed E-state index contributed by atoms with van der Waals surface area (Å²) in [5.41, 5.74) is 0.789. The molecule has 1 aromatic carbocycles. The van der Waals surface area contributed by atoms with Crippen LogP contribution in [0.2, 0.25) is 0 Å². The summed E-state index contributed by atoms with van der Waals surface area (Å²) in [4.78, 5) is 24.5. The van der Waals surface area contributed by atoms with Crippen LogP contribution >= 0.6 is 11.8 Å². The van der Waals surface area contributed by atoms with Crippen LogP contribution in [0.3, 0.4) is 0 Å². The maximum atomic E-state index is 12.1. The lowest BCUT2D eigenvalue weighted by Crippen LogP contribution is -2.47. The van der Waals surface area contributed by atoms with Crippen LogP contribution in [-0.2, 0) is 4.79 Å². The quantitative estimate of drug-likeness (QED) is 0.837. The van der Waals surface area contributed by atoms with Crippen molar-refractivity contribution in [2.24, 2.45) is 0 Å². The molecular formula is C14H17N3O3S. The van der Waals surface area contributed by atoms with Gasteiger partial charge in [0.05, 0.1) is 11.3 Å². The number of aliphatic carboxylic acids is 1. The number of para-hydroxylation sites is 1. The van der Waals surface area contributed by atoms with Crippen molar-refractivity contribution >= 4 is 29.4 Å². The van der Waals surface area contributed by atoms with Crippen molar-refractivity contribution in [1.29, 1.82) is 5.26 Å². The van der Waals surface area contributed by atoms with Crippen LogP contribution in [0.4, 0.5) is 10.5 Å². The second-order valence-electron chi connectivity index (χ2n) is 4.31. The van der Waals surface area contributed by atoms with Crippen molar-refractivity contribution in [2.75, 3.05) is 24.0 Å². The van der Waals surface area contributed by atoms with Crippen LogP contribution in [-0.4, -0.2) is 42.2 Å². The number of thioether (sulfide) groups is 1. The van der Waals surface area contributed by atoms with Gasteiger partial charge in [-0.2, -0.15) is 17.0 Å². The molecule has 2 N–H and O–H groups in total. The molecule has 0 fully saturated rings. The number of nitrogens with one attached hydrogen (secondary N) is 1. The lowest BCUT2D eigenvalue weighted by atomic mass is 10.2. The number of carbonyl (C=O) groups is 2. The minimum atomic E-state index is -1.07. The summed E-state index contributed by atoms with van der Waals surface area (Å²) >= 11 is 1.51. The van der Waals surface area contributed by atoms with Gasteiger partial charge in [-0.3, -0.25) is 4.90 Å². The number of benzene rings is 1. The van der Waals surface area contributed by atoms with E-state index in [9.17, 15) is 9.59 Å². The smallest absolute Gasteiger partial charge is 0.326 e. The van der Waals surface area contributed by atoms with Crippen molar-refractivity contribution in [3.63, 3.8) is 0 Å². The second kappa shape index (κ2) is 8.17. The number of carboxylic acids is 1. The highest BCUT2D eigenvalue weighted by Gasteiger charge is 2.22. The molecule has 0 radical (unpaired) electrons. The van der Waals surface area contributed by atoms with Crippen LogP contribution in [0.5, 0.6) is 0 Å². The highest BCUT2D eigenvalue weighted by Crippen LogP contribution is 2.18. The predicted molar refractivity (Wildman–Crippen MR) is 82.5 cm³/mol. The van der Waals surface area contributed by atoms with Crippen molar-refractivity contribution in [1.82, 2.24) is 5.32 Å². The van der Waals surface area contributed by atoms with Gasteiger partial charge >= 0.3 is 12.0 Å². The molecule has 0 aromatic heterocycles. The molecular weight excluding hydrogens is 290 g/mol. The third-order valence-corrected chi connectivity index (χ3v) is 3.54. The number of urea groups is 1. The highest BCUT2D eigenvalue weighted by atomic mass is 32.2. The molecule has 1 aromatic rings. The van der Waals surface area contributed by atoms with E-state index in [4.69, 9.17) is 10.4 Å². The van der Waals surface area contributed by atoms with Gasteiger partial charge < -0.3 is 10.4 Å². The van der Waals surface area contributed by atoms with Gasteiger partial charge in [0.25, 0.3) is 0 Å². The van der Waals surface area contributed by atoms with Gasteiger partial charge in [0.1, 0.15) is 12.1 Å². The summed E-state index contributed by atoms with van der Waals surface area (Å²) in [5.74, 6) is -0.435. The first-order valence-electron chi connectivity index (χ1n) is 6.26. The van der Waals surface area contributed by atoms with Crippen molar-refractivity contribution in [2.45, 2.75) is 12.5 Å². The minimum absolute atomic E-state index is 0.343. The molecule has 0 saturated carbocycles. The topological polar surface area (TPSA) is 93.4 Å². The third kappa shape index (κ3) is 4.68. The van der Waals surface area contributed by atoms with Crippen molar-refractivity contribution in [3.05, 3.63) is 29.8 Å². The van der Waals surface area contributed by atoms with Gasteiger partial charge in [-0.1, -0.05) is 12.1 Å². The number of hydrogen-bond donors (Lipinski definition) is 2. The molecule has 0 spiro atoms. The normalized spacial score (nSPS) is 11.3. The van der Waals surface area contributed by atoms with Gasteiger partial charge in [0.15, 0.2) is 0 Å². The Hall–Kier alpha value is -2.20. The van der Waals surface area contributed by atoms with Gasteiger partial charge in [-0.05, 0) is 30.6 Å². The molecule has 112 valence electrons. The molecule has 0 unspecified atom stereocenters. The van der Waals surface area contributed by atoms with Gasteiger partial charge in [-0.25, -0.2) is 9.59 Å². The highest BCUT2D eigenvalue weighted by molar-refractivity contribution is 7.98. The number of nitrogens with zero attached hydrogens (tertiary/aromatic N) is 2. The largest absolute Gasteiger partial charge is 0.480 e. The van der Waals surface area contributed by atoms with Crippen LogP contribution < -0.4 is 10.2 Å². The van der Waals surface area contributed by atoms with E-state index in [1.807, 2.05) is 12.3 Å². The maximum Gasteiger partial charge on any atom is 0.326 e.